The molecule has 1 atom stereocenters. The third-order valence-corrected chi connectivity index (χ3v) is 4.53. The van der Waals surface area contributed by atoms with Crippen LogP contribution in [0.2, 0.25) is 0 Å². The van der Waals surface area contributed by atoms with Crippen molar-refractivity contribution in [2.75, 3.05) is 33.3 Å². The van der Waals surface area contributed by atoms with E-state index in [0.29, 0.717) is 6.61 Å². The molecule has 0 aliphatic carbocycles. The van der Waals surface area contributed by atoms with Crippen LogP contribution in [-0.4, -0.2) is 38.2 Å². The van der Waals surface area contributed by atoms with E-state index < -0.39 is 0 Å². The fraction of sp³-hybridized carbons (Fsp3) is 0.333. The van der Waals surface area contributed by atoms with E-state index in [9.17, 15) is 0 Å². The lowest BCUT2D eigenvalue weighted by Gasteiger charge is -2.33. The van der Waals surface area contributed by atoms with Gasteiger partial charge >= 0.3 is 0 Å². The van der Waals surface area contributed by atoms with Crippen molar-refractivity contribution >= 4 is 0 Å². The van der Waals surface area contributed by atoms with Crippen molar-refractivity contribution in [3.8, 4) is 11.5 Å². The van der Waals surface area contributed by atoms with Gasteiger partial charge in [0.15, 0.2) is 11.5 Å². The van der Waals surface area contributed by atoms with Crippen LogP contribution in [0, 0.1) is 0 Å². The van der Waals surface area contributed by atoms with Gasteiger partial charge < -0.3 is 14.8 Å². The second-order valence-corrected chi connectivity index (χ2v) is 6.15. The molecule has 0 bridgehead atoms. The molecule has 1 fully saturated rings. The maximum absolute atomic E-state index is 6.05. The lowest BCUT2D eigenvalue weighted by atomic mass is 10.0. The standard InChI is InChI=1S/C21H26N2O2/c1-3-19(23-13-11-22-12-14-23)18-9-10-20(24-2)21(15-18)25-16-17-7-5-4-6-8-17/h3-10,15,19,22H,1,11-14,16H2,2H3/t19-/m0/s1. The Hall–Kier alpha value is -2.30. The Balaban J connectivity index is 1.79. The van der Waals surface area contributed by atoms with Crippen LogP contribution in [0.5, 0.6) is 11.5 Å². The number of nitrogens with one attached hydrogen (secondary N) is 1. The maximum atomic E-state index is 6.05. The summed E-state index contributed by atoms with van der Waals surface area (Å²) in [4.78, 5) is 2.44. The summed E-state index contributed by atoms with van der Waals surface area (Å²) in [5, 5.41) is 3.39. The lowest BCUT2D eigenvalue weighted by Crippen LogP contribution is -2.44. The summed E-state index contributed by atoms with van der Waals surface area (Å²) in [5.41, 5.74) is 2.32. The van der Waals surface area contributed by atoms with Gasteiger partial charge in [-0.2, -0.15) is 0 Å². The van der Waals surface area contributed by atoms with Crippen LogP contribution >= 0.6 is 0 Å². The number of benzene rings is 2. The molecule has 0 radical (unpaired) electrons. The minimum Gasteiger partial charge on any atom is -0.493 e. The topological polar surface area (TPSA) is 33.7 Å². The molecule has 2 aromatic carbocycles. The van der Waals surface area contributed by atoms with Gasteiger partial charge in [0.1, 0.15) is 6.61 Å². The van der Waals surface area contributed by atoms with Gasteiger partial charge in [-0.3, -0.25) is 4.90 Å². The molecule has 0 saturated carbocycles. The van der Waals surface area contributed by atoms with Crippen LogP contribution < -0.4 is 14.8 Å². The average molecular weight is 338 g/mol. The summed E-state index contributed by atoms with van der Waals surface area (Å²) < 4.78 is 11.5. The minimum absolute atomic E-state index is 0.187. The molecule has 132 valence electrons. The van der Waals surface area contributed by atoms with Crippen molar-refractivity contribution in [2.45, 2.75) is 12.6 Å². The number of hydrogen-bond acceptors (Lipinski definition) is 4. The van der Waals surface area contributed by atoms with Crippen LogP contribution in [0.3, 0.4) is 0 Å². The highest BCUT2D eigenvalue weighted by Gasteiger charge is 2.20. The summed E-state index contributed by atoms with van der Waals surface area (Å²) in [6.07, 6.45) is 2.01. The molecule has 25 heavy (non-hydrogen) atoms. The number of ether oxygens (including phenoxy) is 2. The zero-order chi connectivity index (χ0) is 17.5. The van der Waals surface area contributed by atoms with Gasteiger partial charge in [-0.1, -0.05) is 42.5 Å². The third kappa shape index (κ3) is 4.41. The van der Waals surface area contributed by atoms with Crippen molar-refractivity contribution < 1.29 is 9.47 Å². The maximum Gasteiger partial charge on any atom is 0.162 e. The number of hydrogen-bond donors (Lipinski definition) is 1. The lowest BCUT2D eigenvalue weighted by molar-refractivity contribution is 0.202. The third-order valence-electron chi connectivity index (χ3n) is 4.53. The zero-order valence-corrected chi connectivity index (χ0v) is 14.8. The smallest absolute Gasteiger partial charge is 0.162 e. The molecular weight excluding hydrogens is 312 g/mol. The molecule has 0 aromatic heterocycles. The molecule has 1 N–H and O–H groups in total. The van der Waals surface area contributed by atoms with Crippen LogP contribution in [0.1, 0.15) is 17.2 Å². The SMILES string of the molecule is C=C[C@@H](c1ccc(OC)c(OCc2ccccc2)c1)N1CCNCC1. The quantitative estimate of drug-likeness (QED) is 0.785. The summed E-state index contributed by atoms with van der Waals surface area (Å²) in [5.74, 6) is 1.52. The van der Waals surface area contributed by atoms with E-state index in [2.05, 4.69) is 41.1 Å². The first-order valence-electron chi connectivity index (χ1n) is 8.74. The highest BCUT2D eigenvalue weighted by atomic mass is 16.5. The number of piperazine rings is 1. The first kappa shape index (κ1) is 17.5. The van der Waals surface area contributed by atoms with Crippen molar-refractivity contribution in [3.05, 3.63) is 72.3 Å². The largest absolute Gasteiger partial charge is 0.493 e. The van der Waals surface area contributed by atoms with E-state index in [0.717, 1.165) is 43.2 Å². The second-order valence-electron chi connectivity index (χ2n) is 6.15. The first-order valence-corrected chi connectivity index (χ1v) is 8.74. The van der Waals surface area contributed by atoms with Gasteiger partial charge in [0.2, 0.25) is 0 Å². The van der Waals surface area contributed by atoms with Crippen LogP contribution in [0.15, 0.2) is 61.2 Å². The van der Waals surface area contributed by atoms with E-state index in [1.165, 1.54) is 5.56 Å². The van der Waals surface area contributed by atoms with Gasteiger partial charge in [0.25, 0.3) is 0 Å². The molecule has 4 nitrogen and oxygen atoms in total. The Morgan fingerprint density at radius 2 is 1.88 bits per heavy atom. The summed E-state index contributed by atoms with van der Waals surface area (Å²) >= 11 is 0. The van der Waals surface area contributed by atoms with Crippen molar-refractivity contribution in [1.29, 1.82) is 0 Å². The number of methoxy groups -OCH3 is 1. The normalized spacial score (nSPS) is 16.2. The van der Waals surface area contributed by atoms with E-state index >= 15 is 0 Å². The van der Waals surface area contributed by atoms with E-state index in [1.54, 1.807) is 7.11 Å². The molecular formula is C21H26N2O2. The van der Waals surface area contributed by atoms with E-state index in [1.807, 2.05) is 30.3 Å². The Morgan fingerprint density at radius 3 is 2.56 bits per heavy atom. The summed E-state index contributed by atoms with van der Waals surface area (Å²) in [6.45, 7) is 8.62. The molecule has 4 heteroatoms. The molecule has 0 amide bonds. The summed E-state index contributed by atoms with van der Waals surface area (Å²) in [7, 11) is 1.67. The molecule has 1 aliphatic heterocycles. The number of nitrogens with zero attached hydrogens (tertiary/aromatic N) is 1. The molecule has 1 heterocycles. The fourth-order valence-electron chi connectivity index (χ4n) is 3.18. The first-order chi connectivity index (χ1) is 12.3. The molecule has 1 aliphatic rings. The minimum atomic E-state index is 0.187. The van der Waals surface area contributed by atoms with Gasteiger partial charge in [0.05, 0.1) is 13.2 Å². The molecule has 2 aromatic rings. The Bertz CT molecular complexity index is 682. The second kappa shape index (κ2) is 8.70. The number of rotatable bonds is 7. The van der Waals surface area contributed by atoms with Crippen LogP contribution in [0.25, 0.3) is 0 Å². The summed E-state index contributed by atoms with van der Waals surface area (Å²) in [6, 6.07) is 16.5. The Morgan fingerprint density at radius 1 is 1.12 bits per heavy atom. The molecule has 1 saturated heterocycles. The van der Waals surface area contributed by atoms with Crippen molar-refractivity contribution in [1.82, 2.24) is 10.2 Å². The van der Waals surface area contributed by atoms with Crippen molar-refractivity contribution in [2.24, 2.45) is 0 Å². The van der Waals surface area contributed by atoms with Gasteiger partial charge in [0, 0.05) is 26.2 Å². The molecule has 0 unspecified atom stereocenters. The predicted octanol–water partition coefficient (Wildman–Crippen LogP) is 3.41. The van der Waals surface area contributed by atoms with E-state index in [4.69, 9.17) is 9.47 Å². The fourth-order valence-corrected chi connectivity index (χ4v) is 3.18. The zero-order valence-electron chi connectivity index (χ0n) is 14.8. The monoisotopic (exact) mass is 338 g/mol. The average Bonchev–Trinajstić information content (AvgIpc) is 2.69. The van der Waals surface area contributed by atoms with E-state index in [-0.39, 0.29) is 6.04 Å². The van der Waals surface area contributed by atoms with Crippen molar-refractivity contribution in [3.63, 3.8) is 0 Å². The van der Waals surface area contributed by atoms with Gasteiger partial charge in [-0.05, 0) is 23.3 Å². The Kier molecular flexibility index (Phi) is 6.09. The molecule has 3 rings (SSSR count). The predicted molar refractivity (Wildman–Crippen MR) is 101 cm³/mol. The molecule has 0 spiro atoms. The highest BCUT2D eigenvalue weighted by Crippen LogP contribution is 2.33. The highest BCUT2D eigenvalue weighted by molar-refractivity contribution is 5.44. The van der Waals surface area contributed by atoms with Crippen LogP contribution in [-0.2, 0) is 6.61 Å². The van der Waals surface area contributed by atoms with Gasteiger partial charge in [-0.25, -0.2) is 0 Å². The Labute approximate surface area is 150 Å². The van der Waals surface area contributed by atoms with Crippen LogP contribution in [0.4, 0.5) is 0 Å². The van der Waals surface area contributed by atoms with Gasteiger partial charge in [-0.15, -0.1) is 6.58 Å².